The van der Waals surface area contributed by atoms with E-state index in [0.717, 1.165) is 46.7 Å². The van der Waals surface area contributed by atoms with E-state index in [4.69, 9.17) is 30.5 Å². The van der Waals surface area contributed by atoms with Gasteiger partial charge in [-0.15, -0.1) is 0 Å². The van der Waals surface area contributed by atoms with Gasteiger partial charge in [-0.05, 0) is 60.9 Å². The van der Waals surface area contributed by atoms with Crippen LogP contribution in [0.15, 0.2) is 54.3 Å². The van der Waals surface area contributed by atoms with Gasteiger partial charge in [0.25, 0.3) is 0 Å². The Morgan fingerprint density at radius 2 is 1.89 bits per heavy atom. The number of carbonyl (C=O) groups excluding carboxylic acids is 1. The quantitative estimate of drug-likeness (QED) is 0.414. The number of nitrogens with zero attached hydrogens (tertiary/aromatic N) is 1. The Bertz CT molecular complexity index is 1330. The number of hydrogen-bond donors (Lipinski definition) is 0. The second-order valence-electron chi connectivity index (χ2n) is 8.63. The van der Waals surface area contributed by atoms with Crippen LogP contribution in [0.3, 0.4) is 0 Å². The first-order chi connectivity index (χ1) is 17.0. The maximum absolute atomic E-state index is 13.1. The fraction of sp³-hybridized carbons (Fsp3) is 0.250. The van der Waals surface area contributed by atoms with Crippen LogP contribution in [0.5, 0.6) is 23.0 Å². The fourth-order valence-corrected chi connectivity index (χ4v) is 4.71. The van der Waals surface area contributed by atoms with Crippen LogP contribution >= 0.6 is 11.6 Å². The number of benzene rings is 3. The second-order valence-corrected chi connectivity index (χ2v) is 9.06. The second kappa shape index (κ2) is 9.64. The van der Waals surface area contributed by atoms with E-state index in [-0.39, 0.29) is 11.5 Å². The Hall–Kier alpha value is -3.48. The van der Waals surface area contributed by atoms with Crippen molar-refractivity contribution < 1.29 is 23.7 Å². The average molecular weight is 492 g/mol. The predicted octanol–water partition coefficient (Wildman–Crippen LogP) is 5.68. The van der Waals surface area contributed by atoms with E-state index in [1.54, 1.807) is 32.4 Å². The standard InChI is InChI=1S/C28H26ClNO5/c1-17-27-20(14-22-26(31)25(35-28(17)22)13-19-5-4-6-21(29)11-19)15-30(16-34-27)10-9-18-7-8-23(32-2)24(12-18)33-3/h4-8,11-14H,9-10,15-16H2,1-3H3/b25-13-. The molecule has 3 aromatic rings. The minimum Gasteiger partial charge on any atom is -0.493 e. The van der Waals surface area contributed by atoms with E-state index in [1.807, 2.05) is 43.3 Å². The number of halogens is 1. The van der Waals surface area contributed by atoms with Crippen LogP contribution in [0.2, 0.25) is 5.02 Å². The summed E-state index contributed by atoms with van der Waals surface area (Å²) >= 11 is 6.09. The Morgan fingerprint density at radius 1 is 1.06 bits per heavy atom. The number of Topliss-reactive ketones (excluding diaryl/α,β-unsaturated/α-hetero) is 1. The van der Waals surface area contributed by atoms with Gasteiger partial charge < -0.3 is 18.9 Å². The van der Waals surface area contributed by atoms with Gasteiger partial charge in [0.2, 0.25) is 5.78 Å². The van der Waals surface area contributed by atoms with Crippen LogP contribution in [-0.4, -0.2) is 38.2 Å². The Balaban J connectivity index is 1.33. The molecule has 0 aliphatic carbocycles. The largest absolute Gasteiger partial charge is 0.493 e. The topological polar surface area (TPSA) is 57.2 Å². The van der Waals surface area contributed by atoms with Gasteiger partial charge in [0.1, 0.15) is 18.2 Å². The zero-order chi connectivity index (χ0) is 24.5. The molecule has 2 aliphatic heterocycles. The van der Waals surface area contributed by atoms with Crippen LogP contribution < -0.4 is 18.9 Å². The first-order valence-electron chi connectivity index (χ1n) is 11.4. The highest BCUT2D eigenvalue weighted by Crippen LogP contribution is 2.43. The van der Waals surface area contributed by atoms with Crippen molar-refractivity contribution in [1.82, 2.24) is 4.90 Å². The molecule has 0 unspecified atom stereocenters. The van der Waals surface area contributed by atoms with Crippen LogP contribution in [0.4, 0.5) is 0 Å². The number of allylic oxidation sites excluding steroid dienone is 1. The van der Waals surface area contributed by atoms with E-state index in [9.17, 15) is 4.79 Å². The lowest BCUT2D eigenvalue weighted by Crippen LogP contribution is -2.34. The first kappa shape index (κ1) is 23.3. The highest BCUT2D eigenvalue weighted by molar-refractivity contribution is 6.30. The van der Waals surface area contributed by atoms with E-state index in [2.05, 4.69) is 4.90 Å². The molecule has 0 bridgehead atoms. The molecule has 7 heteroatoms. The summed E-state index contributed by atoms with van der Waals surface area (Å²) in [5.74, 6) is 2.96. The molecule has 0 radical (unpaired) electrons. The third kappa shape index (κ3) is 4.59. The number of ether oxygens (including phenoxy) is 4. The molecule has 6 nitrogen and oxygen atoms in total. The molecule has 0 atom stereocenters. The van der Waals surface area contributed by atoms with Crippen molar-refractivity contribution in [3.05, 3.63) is 87.1 Å². The molecule has 180 valence electrons. The molecule has 0 spiro atoms. The molecule has 0 N–H and O–H groups in total. The van der Waals surface area contributed by atoms with E-state index in [0.29, 0.717) is 35.4 Å². The summed E-state index contributed by atoms with van der Waals surface area (Å²) in [5.41, 5.74) is 4.37. The average Bonchev–Trinajstić information content (AvgIpc) is 3.17. The highest BCUT2D eigenvalue weighted by Gasteiger charge is 2.33. The molecule has 0 fully saturated rings. The van der Waals surface area contributed by atoms with Crippen molar-refractivity contribution in [3.8, 4) is 23.0 Å². The van der Waals surface area contributed by atoms with Gasteiger partial charge in [-0.1, -0.05) is 29.8 Å². The van der Waals surface area contributed by atoms with Gasteiger partial charge in [-0.2, -0.15) is 0 Å². The fourth-order valence-electron chi connectivity index (χ4n) is 4.51. The lowest BCUT2D eigenvalue weighted by Gasteiger charge is -2.30. The molecule has 0 amide bonds. The Labute approximate surface area is 209 Å². The third-order valence-electron chi connectivity index (χ3n) is 6.31. The van der Waals surface area contributed by atoms with Crippen molar-refractivity contribution in [1.29, 1.82) is 0 Å². The van der Waals surface area contributed by atoms with Crippen LogP contribution in [0, 0.1) is 6.92 Å². The molecular formula is C28H26ClNO5. The Kier molecular flexibility index (Phi) is 6.41. The van der Waals surface area contributed by atoms with Gasteiger partial charge in [0.15, 0.2) is 17.3 Å². The number of fused-ring (bicyclic) bond motifs is 2. The number of ketones is 1. The summed E-state index contributed by atoms with van der Waals surface area (Å²) in [5, 5.41) is 0.607. The lowest BCUT2D eigenvalue weighted by molar-refractivity contribution is 0.0953. The zero-order valence-electron chi connectivity index (χ0n) is 19.9. The van der Waals surface area contributed by atoms with Gasteiger partial charge >= 0.3 is 0 Å². The van der Waals surface area contributed by atoms with Crippen molar-refractivity contribution in [2.75, 3.05) is 27.5 Å². The van der Waals surface area contributed by atoms with Crippen LogP contribution in [0.1, 0.15) is 32.6 Å². The van der Waals surface area contributed by atoms with E-state index >= 15 is 0 Å². The highest BCUT2D eigenvalue weighted by atomic mass is 35.5. The molecule has 2 aliphatic rings. The van der Waals surface area contributed by atoms with Crippen molar-refractivity contribution in [3.63, 3.8) is 0 Å². The maximum Gasteiger partial charge on any atom is 0.231 e. The number of carbonyl (C=O) groups is 1. The van der Waals surface area contributed by atoms with E-state index < -0.39 is 0 Å². The van der Waals surface area contributed by atoms with Crippen LogP contribution in [-0.2, 0) is 13.0 Å². The number of rotatable bonds is 6. The Morgan fingerprint density at radius 3 is 2.66 bits per heavy atom. The minimum atomic E-state index is -0.131. The molecule has 5 rings (SSSR count). The first-order valence-corrected chi connectivity index (χ1v) is 11.8. The summed E-state index contributed by atoms with van der Waals surface area (Å²) in [6.45, 7) is 3.90. The monoisotopic (exact) mass is 491 g/mol. The smallest absolute Gasteiger partial charge is 0.231 e. The third-order valence-corrected chi connectivity index (χ3v) is 6.55. The molecule has 3 aromatic carbocycles. The van der Waals surface area contributed by atoms with Gasteiger partial charge in [-0.3, -0.25) is 9.69 Å². The number of hydrogen-bond acceptors (Lipinski definition) is 6. The SMILES string of the molecule is COc1ccc(CCN2COc3c(cc4c(c3C)O/C(=C\c3cccc(Cl)c3)C4=O)C2)cc1OC. The normalized spacial score (nSPS) is 15.9. The zero-order valence-corrected chi connectivity index (χ0v) is 20.6. The molecule has 0 aromatic heterocycles. The molecule has 2 heterocycles. The summed E-state index contributed by atoms with van der Waals surface area (Å²) in [4.78, 5) is 15.3. The van der Waals surface area contributed by atoms with Gasteiger partial charge in [0, 0.05) is 29.2 Å². The van der Waals surface area contributed by atoms with Crippen molar-refractivity contribution >= 4 is 23.5 Å². The summed E-state index contributed by atoms with van der Waals surface area (Å²) in [6.07, 6.45) is 2.56. The van der Waals surface area contributed by atoms with Gasteiger partial charge in [0.05, 0.1) is 19.8 Å². The predicted molar refractivity (Wildman–Crippen MR) is 135 cm³/mol. The number of methoxy groups -OCH3 is 2. The molecule has 0 saturated heterocycles. The molecule has 0 saturated carbocycles. The molecule has 35 heavy (non-hydrogen) atoms. The summed E-state index contributed by atoms with van der Waals surface area (Å²) in [6, 6.07) is 15.2. The van der Waals surface area contributed by atoms with Crippen LogP contribution in [0.25, 0.3) is 6.08 Å². The molecular weight excluding hydrogens is 466 g/mol. The summed E-state index contributed by atoms with van der Waals surface area (Å²) in [7, 11) is 3.27. The summed E-state index contributed by atoms with van der Waals surface area (Å²) < 4.78 is 22.8. The lowest BCUT2D eigenvalue weighted by atomic mass is 10.00. The van der Waals surface area contributed by atoms with Crippen molar-refractivity contribution in [2.24, 2.45) is 0 Å². The van der Waals surface area contributed by atoms with Crippen molar-refractivity contribution in [2.45, 2.75) is 19.9 Å². The maximum atomic E-state index is 13.1. The minimum absolute atomic E-state index is 0.131. The van der Waals surface area contributed by atoms with Gasteiger partial charge in [-0.25, -0.2) is 0 Å². The van der Waals surface area contributed by atoms with E-state index in [1.165, 1.54) is 0 Å².